The average molecular weight is 277 g/mol. The van der Waals surface area contributed by atoms with E-state index in [4.69, 9.17) is 0 Å². The second-order valence-electron chi connectivity index (χ2n) is 6.21. The molecule has 100 valence electrons. The van der Waals surface area contributed by atoms with Gasteiger partial charge < -0.3 is 0 Å². The number of aromatic nitrogens is 1. The molecule has 3 aromatic rings. The van der Waals surface area contributed by atoms with Gasteiger partial charge in [-0.05, 0) is 11.5 Å². The standard InChI is InChI=1S/C18H19NSi/c1-20(2,3)16-10-8-15(9-11-16)18-17-7-5-4-6-14(17)12-13-19-18/h4-13H,1-3H3. The van der Waals surface area contributed by atoms with E-state index in [2.05, 4.69) is 79.2 Å². The maximum atomic E-state index is 4.58. The van der Waals surface area contributed by atoms with E-state index in [1.807, 2.05) is 6.20 Å². The lowest BCUT2D eigenvalue weighted by molar-refractivity contribution is 1.36. The fourth-order valence-electron chi connectivity index (χ4n) is 2.48. The van der Waals surface area contributed by atoms with Crippen LogP contribution in [0.5, 0.6) is 0 Å². The highest BCUT2D eigenvalue weighted by Crippen LogP contribution is 2.25. The van der Waals surface area contributed by atoms with Crippen LogP contribution in [-0.2, 0) is 0 Å². The lowest BCUT2D eigenvalue weighted by Gasteiger charge is -2.16. The van der Waals surface area contributed by atoms with Crippen molar-refractivity contribution < 1.29 is 0 Å². The van der Waals surface area contributed by atoms with Crippen LogP contribution in [0.1, 0.15) is 0 Å². The molecule has 2 heteroatoms. The summed E-state index contributed by atoms with van der Waals surface area (Å²) in [7, 11) is -1.23. The molecule has 0 aliphatic heterocycles. The molecule has 0 amide bonds. The summed E-state index contributed by atoms with van der Waals surface area (Å²) < 4.78 is 0. The molecule has 0 fully saturated rings. The molecule has 0 saturated heterocycles. The van der Waals surface area contributed by atoms with Crippen molar-refractivity contribution in [3.05, 3.63) is 60.8 Å². The van der Waals surface area contributed by atoms with Crippen molar-refractivity contribution in [3.63, 3.8) is 0 Å². The van der Waals surface area contributed by atoms with Gasteiger partial charge in [0.05, 0.1) is 13.8 Å². The highest BCUT2D eigenvalue weighted by molar-refractivity contribution is 6.88. The molecule has 0 bridgehead atoms. The summed E-state index contributed by atoms with van der Waals surface area (Å²) in [6.07, 6.45) is 1.89. The van der Waals surface area contributed by atoms with E-state index in [9.17, 15) is 0 Å². The Labute approximate surface area is 121 Å². The van der Waals surface area contributed by atoms with Crippen LogP contribution in [0.4, 0.5) is 0 Å². The lowest BCUT2D eigenvalue weighted by atomic mass is 10.0. The van der Waals surface area contributed by atoms with Crippen molar-refractivity contribution >= 4 is 24.0 Å². The van der Waals surface area contributed by atoms with Gasteiger partial charge in [-0.3, -0.25) is 4.98 Å². The third kappa shape index (κ3) is 2.39. The molecular weight excluding hydrogens is 258 g/mol. The van der Waals surface area contributed by atoms with Crippen LogP contribution in [0.15, 0.2) is 60.8 Å². The number of pyridine rings is 1. The van der Waals surface area contributed by atoms with Crippen LogP contribution in [0.3, 0.4) is 0 Å². The zero-order valence-electron chi connectivity index (χ0n) is 12.2. The van der Waals surface area contributed by atoms with Crippen molar-refractivity contribution in [1.82, 2.24) is 4.98 Å². The Morgan fingerprint density at radius 1 is 0.800 bits per heavy atom. The Balaban J connectivity index is 2.12. The van der Waals surface area contributed by atoms with E-state index in [1.165, 1.54) is 21.5 Å². The second-order valence-corrected chi connectivity index (χ2v) is 11.3. The van der Waals surface area contributed by atoms with Gasteiger partial charge in [0.15, 0.2) is 0 Å². The number of hydrogen-bond acceptors (Lipinski definition) is 1. The molecule has 20 heavy (non-hydrogen) atoms. The SMILES string of the molecule is C[Si](C)(C)c1ccc(-c2nccc3ccccc23)cc1. The van der Waals surface area contributed by atoms with Gasteiger partial charge in [-0.15, -0.1) is 0 Å². The maximum Gasteiger partial charge on any atom is 0.0780 e. The van der Waals surface area contributed by atoms with Crippen molar-refractivity contribution in [3.8, 4) is 11.3 Å². The fourth-order valence-corrected chi connectivity index (χ4v) is 3.64. The second kappa shape index (κ2) is 4.87. The van der Waals surface area contributed by atoms with E-state index >= 15 is 0 Å². The molecule has 0 unspecified atom stereocenters. The zero-order valence-corrected chi connectivity index (χ0v) is 13.2. The minimum atomic E-state index is -1.23. The summed E-state index contributed by atoms with van der Waals surface area (Å²) in [6.45, 7) is 7.12. The molecule has 0 saturated carbocycles. The first-order valence-electron chi connectivity index (χ1n) is 7.00. The number of fused-ring (bicyclic) bond motifs is 1. The molecule has 0 aliphatic carbocycles. The van der Waals surface area contributed by atoms with Crippen LogP contribution < -0.4 is 5.19 Å². The van der Waals surface area contributed by atoms with Crippen LogP contribution >= 0.6 is 0 Å². The summed E-state index contributed by atoms with van der Waals surface area (Å²) >= 11 is 0. The number of benzene rings is 2. The predicted molar refractivity (Wildman–Crippen MR) is 90.2 cm³/mol. The van der Waals surface area contributed by atoms with Crippen LogP contribution in [-0.4, -0.2) is 13.1 Å². The summed E-state index contributed by atoms with van der Waals surface area (Å²) in [4.78, 5) is 4.58. The van der Waals surface area contributed by atoms with E-state index in [0.717, 1.165) is 5.69 Å². The zero-order chi connectivity index (χ0) is 14.2. The largest absolute Gasteiger partial charge is 0.256 e. The summed E-state index contributed by atoms with van der Waals surface area (Å²) in [5, 5.41) is 3.95. The number of rotatable bonds is 2. The van der Waals surface area contributed by atoms with Gasteiger partial charge in [0.2, 0.25) is 0 Å². The van der Waals surface area contributed by atoms with Crippen molar-refractivity contribution in [2.75, 3.05) is 0 Å². The van der Waals surface area contributed by atoms with Crippen molar-refractivity contribution in [2.24, 2.45) is 0 Å². The van der Waals surface area contributed by atoms with E-state index in [1.54, 1.807) is 0 Å². The Kier molecular flexibility index (Phi) is 3.18. The van der Waals surface area contributed by atoms with E-state index in [-0.39, 0.29) is 0 Å². The van der Waals surface area contributed by atoms with E-state index < -0.39 is 8.07 Å². The molecule has 0 atom stereocenters. The third-order valence-corrected chi connectivity index (χ3v) is 5.76. The fraction of sp³-hybridized carbons (Fsp3) is 0.167. The Hall–Kier alpha value is -1.93. The first-order valence-corrected chi connectivity index (χ1v) is 10.5. The van der Waals surface area contributed by atoms with Gasteiger partial charge in [0.25, 0.3) is 0 Å². The minimum absolute atomic E-state index is 1.07. The number of nitrogens with zero attached hydrogens (tertiary/aromatic N) is 1. The molecule has 3 rings (SSSR count). The van der Waals surface area contributed by atoms with Gasteiger partial charge in [0.1, 0.15) is 0 Å². The normalized spacial score (nSPS) is 11.8. The van der Waals surface area contributed by atoms with Crippen LogP contribution in [0, 0.1) is 0 Å². The van der Waals surface area contributed by atoms with Crippen molar-refractivity contribution in [1.29, 1.82) is 0 Å². The summed E-state index contributed by atoms with van der Waals surface area (Å²) in [5.41, 5.74) is 2.27. The molecule has 1 aromatic heterocycles. The topological polar surface area (TPSA) is 12.9 Å². The molecule has 0 N–H and O–H groups in total. The van der Waals surface area contributed by atoms with Crippen molar-refractivity contribution in [2.45, 2.75) is 19.6 Å². The van der Waals surface area contributed by atoms with Crippen LogP contribution in [0.2, 0.25) is 19.6 Å². The van der Waals surface area contributed by atoms with Gasteiger partial charge in [0, 0.05) is 17.1 Å². The molecule has 2 aromatic carbocycles. The third-order valence-electron chi connectivity index (χ3n) is 3.70. The molecule has 0 aliphatic rings. The molecular formula is C18H19NSi. The summed E-state index contributed by atoms with van der Waals surface area (Å²) in [5.74, 6) is 0. The van der Waals surface area contributed by atoms with Crippen LogP contribution in [0.25, 0.3) is 22.0 Å². The highest BCUT2D eigenvalue weighted by atomic mass is 28.3. The molecule has 0 radical (unpaired) electrons. The molecule has 1 nitrogen and oxygen atoms in total. The van der Waals surface area contributed by atoms with Gasteiger partial charge >= 0.3 is 0 Å². The quantitative estimate of drug-likeness (QED) is 0.631. The Bertz CT molecular complexity index is 734. The first-order chi connectivity index (χ1) is 9.55. The highest BCUT2D eigenvalue weighted by Gasteiger charge is 2.16. The summed E-state index contributed by atoms with van der Waals surface area (Å²) in [6, 6.07) is 19.4. The smallest absolute Gasteiger partial charge is 0.0780 e. The van der Waals surface area contributed by atoms with Gasteiger partial charge in [-0.1, -0.05) is 73.4 Å². The number of hydrogen-bond donors (Lipinski definition) is 0. The van der Waals surface area contributed by atoms with Gasteiger partial charge in [-0.2, -0.15) is 0 Å². The maximum absolute atomic E-state index is 4.58. The Morgan fingerprint density at radius 2 is 1.50 bits per heavy atom. The average Bonchev–Trinajstić information content (AvgIpc) is 2.46. The monoisotopic (exact) mass is 277 g/mol. The minimum Gasteiger partial charge on any atom is -0.256 e. The first kappa shape index (κ1) is 13.1. The predicted octanol–water partition coefficient (Wildman–Crippen LogP) is 4.45. The Morgan fingerprint density at radius 3 is 2.20 bits per heavy atom. The lowest BCUT2D eigenvalue weighted by Crippen LogP contribution is -2.37. The van der Waals surface area contributed by atoms with E-state index in [0.29, 0.717) is 0 Å². The van der Waals surface area contributed by atoms with Gasteiger partial charge in [-0.25, -0.2) is 0 Å². The molecule has 0 spiro atoms. The molecule has 1 heterocycles.